The summed E-state index contributed by atoms with van der Waals surface area (Å²) < 4.78 is 26.0. The van der Waals surface area contributed by atoms with Gasteiger partial charge in [-0.1, -0.05) is 209 Å². The molecule has 13 N–H and O–H groups in total. The SMILES string of the molecule is BrC1=CCc2ncc3[nH]c(C4CCCCC4)nc3c21.C.C1=Cc2c(ncc3[nH]c(C4CCCCC4)nc23)C1.CC1(C)OB(C2=CCOCC2)OC1(C)C.C[Si](C)(C)CCOCCl.N.Nc1c([N+](=O)[O-])cnc2c1C=CC2.Nc1cnc2c(c1N)C=CC2.O.O=CC1CCCCC1.O=[N+]([O-])c1cnc2c(c1Cl)C=CC2.O=[N+]([O-])c1cnc2c(c1Cl)C=CC2.[B]=NS.[Fe]. The molecule has 9 aliphatic carbocycles. The number of alkyl halides is 1. The van der Waals surface area contributed by atoms with Crippen LogP contribution in [0.15, 0.2) is 89.5 Å². The van der Waals surface area contributed by atoms with E-state index in [-0.39, 0.29) is 87.2 Å². The van der Waals surface area contributed by atoms with Crippen molar-refractivity contribution in [2.24, 2.45) is 10.2 Å². The smallest absolute Gasteiger partial charge is 0 e. The van der Waals surface area contributed by atoms with E-state index >= 15 is 0 Å². The zero-order valence-corrected chi connectivity index (χ0v) is 78.4. The fraction of sp³-hybridized carbons (Fsp3) is 0.460. The summed E-state index contributed by atoms with van der Waals surface area (Å²) in [4.78, 5) is 81.8. The first-order valence-corrected chi connectivity index (χ1v) is 47.4. The van der Waals surface area contributed by atoms with Crippen molar-refractivity contribution in [1.29, 1.82) is 0 Å². The minimum absolute atomic E-state index is 0. The largest absolute Gasteiger partial charge is 0 e. The average Bonchev–Trinajstić information content (AvgIpc) is 1.61. The molecule has 677 valence electrons. The minimum Gasteiger partial charge on any atom is 0 e. The number of pyridine rings is 6. The van der Waals surface area contributed by atoms with Crippen LogP contribution in [0, 0.1) is 36.3 Å². The summed E-state index contributed by atoms with van der Waals surface area (Å²) in [5, 5.41) is 31.8. The molecule has 0 amide bonds. The molecule has 4 fully saturated rings. The molecule has 0 atom stereocenters. The van der Waals surface area contributed by atoms with Gasteiger partial charge in [-0.2, -0.15) is 0 Å². The molecular weight excluding hydrogens is 1810 g/mol. The number of anilines is 3. The molecule has 126 heavy (non-hydrogen) atoms. The molecule has 2 aliphatic heterocycles. The Morgan fingerprint density at radius 2 is 1.01 bits per heavy atom. The zero-order valence-electron chi connectivity index (χ0n) is 71.6. The number of nitro groups is 3. The number of aromatic nitrogens is 10. The number of carbonyl (C=O) groups is 1. The predicted molar refractivity (Wildman–Crippen MR) is 513 cm³/mol. The van der Waals surface area contributed by atoms with Crippen LogP contribution in [0.1, 0.15) is 229 Å². The standard InChI is InChI=1S/C15H16BrN3.C15H17N3.C11H19BO3.2C8H5ClN2O2.C8H7N3O2.C8H9N3.C7H12O.C6H15ClOSi.CH4.BHNS.Fe.H3N.H2O/c16-10-6-7-11-13(10)14-12(8-17-11)18-15(19-14)9-4-2-1-3-5-9;1-2-5-10(6-3-1)15-17-13-9-16-12-8-4-7-11(12)14(13)18-15;1-10(2)11(3,4)15-12(14-10)9-5-7-13-8-6-9;3*9-8-5-2-1-3-6(5)10-4-7(8)11(12)13;9-6-4-11-7-3-1-2-5(7)8(6)10;8-6-7-4-2-1-3-5-7;1-9(2,3)5-4-8-6-7;;1-2-3;;;/h6,8-9H,1-5,7H2,(H,18,19);4,7,9-10H,1-3,5-6,8H2,(H,17,18);5H,6-8H2,1-4H3;2*1-2,4H,3H2;1-2,4H,3H2,(H2,9,10);1-2,4H,3,9H2,(H2,10,11);6-7H,1-5H2;4-6H2,1-3H3;1H4;3H;;1H3;1H2. The van der Waals surface area contributed by atoms with E-state index < -0.39 is 22.8 Å². The number of nitrogens with two attached hydrogens (primary N) is 3. The third-order valence-corrected chi connectivity index (χ3v) is 26.1. The number of H-pyrrole nitrogens is 2. The number of fused-ring (bicyclic) bond motifs is 10. The summed E-state index contributed by atoms with van der Waals surface area (Å²) in [5.74, 6) is 3.99. The second-order valence-corrected chi connectivity index (χ2v) is 40.6. The Hall–Kier alpha value is -8.58. The Bertz CT molecular complexity index is 5100. The number of ether oxygens (including phenoxy) is 2. The number of aldehydes is 1. The first kappa shape index (κ1) is 106. The van der Waals surface area contributed by atoms with E-state index in [2.05, 4.69) is 152 Å². The van der Waals surface area contributed by atoms with E-state index in [9.17, 15) is 35.1 Å². The van der Waals surface area contributed by atoms with E-state index in [1.165, 1.54) is 136 Å². The molecule has 1 radical (unpaired) electrons. The van der Waals surface area contributed by atoms with Gasteiger partial charge in [-0.25, -0.2) is 9.97 Å². The molecule has 39 heteroatoms. The van der Waals surface area contributed by atoms with Gasteiger partial charge in [0.15, 0.2) is 0 Å². The molecule has 0 aromatic carbocycles. The van der Waals surface area contributed by atoms with Crippen LogP contribution in [0.2, 0.25) is 35.7 Å². The third kappa shape index (κ3) is 28.2. The Morgan fingerprint density at radius 1 is 0.611 bits per heavy atom. The Morgan fingerprint density at radius 3 is 1.44 bits per heavy atom. The van der Waals surface area contributed by atoms with E-state index in [0.717, 1.165) is 124 Å². The molecule has 30 nitrogen and oxygen atoms in total. The summed E-state index contributed by atoms with van der Waals surface area (Å²) in [6.45, 7) is 17.6. The predicted octanol–water partition coefficient (Wildman–Crippen LogP) is 20.7. The van der Waals surface area contributed by atoms with Crippen molar-refractivity contribution in [2.75, 3.05) is 43.1 Å². The van der Waals surface area contributed by atoms with Gasteiger partial charge in [0.05, 0.1) is 120 Å². The topological polar surface area (TPSA) is 475 Å². The molecule has 10 heterocycles. The fourth-order valence-corrected chi connectivity index (χ4v) is 17.2. The number of carbonyl (C=O) groups excluding carboxylic acids is 1. The molecule has 3 saturated carbocycles. The number of hydrogen-bond acceptors (Lipinski definition) is 25. The van der Waals surface area contributed by atoms with E-state index in [1.54, 1.807) is 24.4 Å². The number of nitrogens with zero attached hydrogens (tertiary/aromatic N) is 12. The number of allylic oxidation sites excluding steroid dienone is 6. The first-order chi connectivity index (χ1) is 58.5. The summed E-state index contributed by atoms with van der Waals surface area (Å²) in [6.07, 6.45) is 58.9. The number of nitrogen functional groups attached to an aromatic ring is 3. The number of nitrogens with one attached hydrogen (secondary N) is 2. The fourth-order valence-electron chi connectivity index (χ4n) is 15.1. The number of rotatable bonds is 11. The molecule has 8 aromatic rings. The van der Waals surface area contributed by atoms with Gasteiger partial charge in [0.1, 0.15) is 63.8 Å². The first-order valence-electron chi connectivity index (χ1n) is 41.2. The van der Waals surface area contributed by atoms with Gasteiger partial charge in [0.25, 0.3) is 0 Å². The van der Waals surface area contributed by atoms with E-state index in [1.807, 2.05) is 42.8 Å². The van der Waals surface area contributed by atoms with Gasteiger partial charge in [-0.3, -0.25) is 60.2 Å². The summed E-state index contributed by atoms with van der Waals surface area (Å²) in [6, 6.07) is 1.55. The van der Waals surface area contributed by atoms with Crippen LogP contribution in [-0.4, -0.2) is 136 Å². The normalized spacial score (nSPS) is 16.8. The Kier molecular flexibility index (Phi) is 42.5. The van der Waals surface area contributed by atoms with Crippen LogP contribution in [0.3, 0.4) is 0 Å². The van der Waals surface area contributed by atoms with Crippen molar-refractivity contribution < 1.29 is 60.9 Å². The molecule has 0 unspecified atom stereocenters. The third-order valence-electron chi connectivity index (χ3n) is 22.7. The monoisotopic (exact) mass is 1930 g/mol. The Balaban J connectivity index is 0.000000219. The van der Waals surface area contributed by atoms with Crippen LogP contribution in [-0.2, 0) is 79.2 Å². The van der Waals surface area contributed by atoms with Gasteiger partial charge < -0.3 is 62.4 Å². The second-order valence-electron chi connectivity index (χ2n) is 32.9. The summed E-state index contributed by atoms with van der Waals surface area (Å²) in [5.41, 5.74) is 34.3. The van der Waals surface area contributed by atoms with Crippen LogP contribution in [0.5, 0.6) is 0 Å². The molecule has 0 spiro atoms. The van der Waals surface area contributed by atoms with Crippen LogP contribution < -0.4 is 23.4 Å². The van der Waals surface area contributed by atoms with Crippen LogP contribution >= 0.6 is 63.5 Å². The number of imidazole rings is 2. The van der Waals surface area contributed by atoms with Crippen LogP contribution in [0.4, 0.5) is 34.1 Å². The number of hydrogen-bond donors (Lipinski definition) is 7. The van der Waals surface area contributed by atoms with Crippen molar-refractivity contribution in [3.05, 3.63) is 205 Å². The maximum absolute atomic E-state index is 10.5. The van der Waals surface area contributed by atoms with Gasteiger partial charge in [0.2, 0.25) is 0 Å². The maximum Gasteiger partial charge on any atom is 0 e. The molecule has 1 saturated heterocycles. The van der Waals surface area contributed by atoms with Crippen molar-refractivity contribution in [3.63, 3.8) is 0 Å². The van der Waals surface area contributed by atoms with Gasteiger partial charge >= 0.3 is 48.9 Å². The zero-order chi connectivity index (χ0) is 87.8. The number of aromatic amines is 2. The van der Waals surface area contributed by atoms with Crippen molar-refractivity contribution in [3.8, 4) is 0 Å². The van der Waals surface area contributed by atoms with E-state index in [0.29, 0.717) is 77.8 Å². The van der Waals surface area contributed by atoms with Crippen molar-refractivity contribution in [1.82, 2.24) is 56.0 Å². The Labute approximate surface area is 778 Å². The number of thiol groups is 1. The van der Waals surface area contributed by atoms with Crippen molar-refractivity contribution in [2.45, 2.75) is 225 Å². The minimum atomic E-state index is -0.878. The van der Waals surface area contributed by atoms with Crippen LogP contribution in [0.25, 0.3) is 56.9 Å². The van der Waals surface area contributed by atoms with Gasteiger partial charge in [0, 0.05) is 126 Å². The molecule has 19 rings (SSSR count). The summed E-state index contributed by atoms with van der Waals surface area (Å²) >= 11 is 23.8. The number of halogens is 4. The average molecular weight is 1930 g/mol. The second kappa shape index (κ2) is 50.4. The molecule has 11 aliphatic rings. The molecular formula is C87H115B2BrCl3FeN18O12SSi. The maximum atomic E-state index is 10.5. The van der Waals surface area contributed by atoms with Gasteiger partial charge in [-0.05, 0) is 84.2 Å². The van der Waals surface area contributed by atoms with E-state index in [4.69, 9.17) is 80.8 Å². The van der Waals surface area contributed by atoms with Gasteiger partial charge in [-0.15, -0.1) is 0 Å². The quantitative estimate of drug-likeness (QED) is 0.0120. The van der Waals surface area contributed by atoms with Crippen molar-refractivity contribution >= 4 is 184 Å². The molecule has 8 aromatic heterocycles. The molecule has 0 bridgehead atoms. The summed E-state index contributed by atoms with van der Waals surface area (Å²) in [7, 11) is 3.28.